The lowest BCUT2D eigenvalue weighted by atomic mass is 10.3. The van der Waals surface area contributed by atoms with Gasteiger partial charge in [-0.3, -0.25) is 4.40 Å². The van der Waals surface area contributed by atoms with Crippen LogP contribution >= 0.6 is 23.1 Å². The van der Waals surface area contributed by atoms with Crippen molar-refractivity contribution in [3.63, 3.8) is 0 Å². The molecule has 0 radical (unpaired) electrons. The summed E-state index contributed by atoms with van der Waals surface area (Å²) in [6.07, 6.45) is 2.54. The van der Waals surface area contributed by atoms with Crippen LogP contribution in [0.25, 0.3) is 4.96 Å². The van der Waals surface area contributed by atoms with Crippen molar-refractivity contribution < 1.29 is 8.78 Å². The summed E-state index contributed by atoms with van der Waals surface area (Å²) >= 11 is 2.63. The summed E-state index contributed by atoms with van der Waals surface area (Å²) in [6, 6.07) is 3.41. The first kappa shape index (κ1) is 13.5. The van der Waals surface area contributed by atoms with E-state index in [4.69, 9.17) is 5.73 Å². The molecule has 20 heavy (non-hydrogen) atoms. The third-order valence-electron chi connectivity index (χ3n) is 2.81. The van der Waals surface area contributed by atoms with Crippen LogP contribution in [0.2, 0.25) is 0 Å². The number of thiazole rings is 1. The summed E-state index contributed by atoms with van der Waals surface area (Å²) in [5.41, 5.74) is 6.54. The normalized spacial score (nSPS) is 11.3. The molecule has 0 saturated carbocycles. The summed E-state index contributed by atoms with van der Waals surface area (Å²) in [6.45, 7) is 0.475. The molecule has 3 aromatic rings. The molecule has 0 unspecified atom stereocenters. The highest BCUT2D eigenvalue weighted by Gasteiger charge is 2.15. The number of rotatable bonds is 4. The first-order valence-corrected chi connectivity index (χ1v) is 7.66. The molecule has 0 saturated heterocycles. The topological polar surface area (TPSA) is 43.3 Å². The molecule has 2 N–H and O–H groups in total. The Morgan fingerprint density at radius 1 is 1.35 bits per heavy atom. The maximum absolute atomic E-state index is 13.7. The first-order chi connectivity index (χ1) is 9.69. The number of halogens is 2. The smallest absolute Gasteiger partial charge is 0.194 e. The number of imidazole rings is 1. The van der Waals surface area contributed by atoms with Gasteiger partial charge in [-0.05, 0) is 24.7 Å². The third kappa shape index (κ3) is 2.44. The van der Waals surface area contributed by atoms with Crippen molar-refractivity contribution in [3.05, 3.63) is 47.1 Å². The van der Waals surface area contributed by atoms with Gasteiger partial charge in [-0.15, -0.1) is 11.3 Å². The summed E-state index contributed by atoms with van der Waals surface area (Å²) in [4.78, 5) is 5.51. The van der Waals surface area contributed by atoms with Gasteiger partial charge in [0.25, 0.3) is 0 Å². The molecular weight excluding hydrogens is 300 g/mol. The van der Waals surface area contributed by atoms with E-state index in [1.54, 1.807) is 0 Å². The van der Waals surface area contributed by atoms with Crippen molar-refractivity contribution in [3.8, 4) is 0 Å². The molecule has 0 atom stereocenters. The maximum atomic E-state index is 13.7. The highest BCUT2D eigenvalue weighted by atomic mass is 32.2. The van der Waals surface area contributed by atoms with E-state index in [9.17, 15) is 8.78 Å². The van der Waals surface area contributed by atoms with E-state index in [1.807, 2.05) is 16.0 Å². The van der Waals surface area contributed by atoms with Crippen molar-refractivity contribution in [1.29, 1.82) is 0 Å². The lowest BCUT2D eigenvalue weighted by Crippen LogP contribution is -2.05. The molecule has 0 fully saturated rings. The van der Waals surface area contributed by atoms with E-state index in [1.165, 1.54) is 17.4 Å². The van der Waals surface area contributed by atoms with E-state index in [2.05, 4.69) is 4.98 Å². The number of nitrogens with zero attached hydrogens (tertiary/aromatic N) is 2. The second-order valence-electron chi connectivity index (χ2n) is 4.13. The first-order valence-electron chi connectivity index (χ1n) is 5.96. The minimum absolute atomic E-state index is 0.231. The summed E-state index contributed by atoms with van der Waals surface area (Å²) < 4.78 is 28.9. The van der Waals surface area contributed by atoms with Gasteiger partial charge in [0.05, 0.1) is 10.6 Å². The predicted octanol–water partition coefficient (Wildman–Crippen LogP) is 3.33. The molecule has 2 heterocycles. The molecular formula is C13H11F2N3S2. The van der Waals surface area contributed by atoms with Gasteiger partial charge < -0.3 is 5.73 Å². The van der Waals surface area contributed by atoms with Gasteiger partial charge in [-0.2, -0.15) is 0 Å². The van der Waals surface area contributed by atoms with Crippen molar-refractivity contribution >= 4 is 28.1 Å². The van der Waals surface area contributed by atoms with Crippen LogP contribution in [0, 0.1) is 11.6 Å². The van der Waals surface area contributed by atoms with Crippen LogP contribution in [0.4, 0.5) is 8.78 Å². The number of nitrogens with two attached hydrogens (primary N) is 1. The Morgan fingerprint density at radius 3 is 3.00 bits per heavy atom. The van der Waals surface area contributed by atoms with Crippen LogP contribution in [-0.2, 0) is 6.42 Å². The van der Waals surface area contributed by atoms with Gasteiger partial charge in [-0.25, -0.2) is 13.8 Å². The zero-order valence-corrected chi connectivity index (χ0v) is 12.0. The van der Waals surface area contributed by atoms with Crippen LogP contribution in [0.3, 0.4) is 0 Å². The van der Waals surface area contributed by atoms with E-state index in [-0.39, 0.29) is 4.90 Å². The Balaban J connectivity index is 2.03. The minimum Gasteiger partial charge on any atom is -0.330 e. The fraction of sp³-hybridized carbons (Fsp3) is 0.154. The summed E-state index contributed by atoms with van der Waals surface area (Å²) in [7, 11) is 0. The standard InChI is InChI=1S/C13H11F2N3S2/c14-8-1-2-9(15)11(7-8)20-12-10(3-4-16)18-5-6-19-13(18)17-12/h1-2,5-7H,3-4,16H2. The molecule has 1 aromatic carbocycles. The van der Waals surface area contributed by atoms with E-state index < -0.39 is 11.6 Å². The quantitative estimate of drug-likeness (QED) is 0.804. The Morgan fingerprint density at radius 2 is 2.20 bits per heavy atom. The van der Waals surface area contributed by atoms with Crippen LogP contribution in [0.5, 0.6) is 0 Å². The highest BCUT2D eigenvalue weighted by molar-refractivity contribution is 7.99. The lowest BCUT2D eigenvalue weighted by molar-refractivity contribution is 0.577. The monoisotopic (exact) mass is 311 g/mol. The highest BCUT2D eigenvalue weighted by Crippen LogP contribution is 2.33. The molecule has 0 aliphatic carbocycles. The van der Waals surface area contributed by atoms with E-state index >= 15 is 0 Å². The molecule has 104 valence electrons. The van der Waals surface area contributed by atoms with Gasteiger partial charge in [-0.1, -0.05) is 11.8 Å². The summed E-state index contributed by atoms with van der Waals surface area (Å²) in [5, 5.41) is 2.60. The zero-order chi connectivity index (χ0) is 14.1. The van der Waals surface area contributed by atoms with E-state index in [0.29, 0.717) is 18.0 Å². The molecule has 0 amide bonds. The summed E-state index contributed by atoms with van der Waals surface area (Å²) in [5.74, 6) is -0.915. The fourth-order valence-electron chi connectivity index (χ4n) is 1.92. The Labute approximate surface area is 122 Å². The number of hydrogen-bond acceptors (Lipinski definition) is 4. The average molecular weight is 311 g/mol. The Hall–Kier alpha value is -1.44. The minimum atomic E-state index is -0.463. The number of benzene rings is 1. The van der Waals surface area contributed by atoms with Crippen LogP contribution in [-0.4, -0.2) is 15.9 Å². The van der Waals surface area contributed by atoms with Crippen molar-refractivity contribution in [2.75, 3.05) is 6.54 Å². The molecule has 7 heteroatoms. The Bertz CT molecular complexity index is 751. The second-order valence-corrected chi connectivity index (χ2v) is 6.04. The molecule has 2 aromatic heterocycles. The van der Waals surface area contributed by atoms with Gasteiger partial charge in [0.15, 0.2) is 4.96 Å². The fourth-order valence-corrected chi connectivity index (χ4v) is 3.70. The van der Waals surface area contributed by atoms with Crippen LogP contribution < -0.4 is 5.73 Å². The van der Waals surface area contributed by atoms with Gasteiger partial charge in [0.2, 0.25) is 0 Å². The molecule has 0 spiro atoms. The van der Waals surface area contributed by atoms with Crippen molar-refractivity contribution in [2.24, 2.45) is 5.73 Å². The number of aromatic nitrogens is 2. The number of hydrogen-bond donors (Lipinski definition) is 1. The third-order valence-corrected chi connectivity index (χ3v) is 4.61. The van der Waals surface area contributed by atoms with Crippen molar-refractivity contribution in [1.82, 2.24) is 9.38 Å². The predicted molar refractivity (Wildman–Crippen MR) is 76.3 cm³/mol. The zero-order valence-electron chi connectivity index (χ0n) is 10.3. The molecule has 0 bridgehead atoms. The molecule has 0 aliphatic heterocycles. The van der Waals surface area contributed by atoms with E-state index in [0.717, 1.165) is 34.5 Å². The second kappa shape index (κ2) is 5.51. The van der Waals surface area contributed by atoms with Gasteiger partial charge in [0.1, 0.15) is 16.7 Å². The van der Waals surface area contributed by atoms with Gasteiger partial charge >= 0.3 is 0 Å². The maximum Gasteiger partial charge on any atom is 0.194 e. The molecule has 0 aliphatic rings. The lowest BCUT2D eigenvalue weighted by Gasteiger charge is -2.04. The number of fused-ring (bicyclic) bond motifs is 1. The van der Waals surface area contributed by atoms with Crippen LogP contribution in [0.15, 0.2) is 39.7 Å². The SMILES string of the molecule is NCCc1c(Sc2cc(F)ccc2F)nc2sccn12. The van der Waals surface area contributed by atoms with Gasteiger partial charge in [0, 0.05) is 18.0 Å². The van der Waals surface area contributed by atoms with Crippen LogP contribution in [0.1, 0.15) is 5.69 Å². The average Bonchev–Trinajstić information content (AvgIpc) is 2.98. The largest absolute Gasteiger partial charge is 0.330 e. The van der Waals surface area contributed by atoms with Crippen molar-refractivity contribution in [2.45, 2.75) is 16.3 Å². The molecule has 3 rings (SSSR count). The molecule has 3 nitrogen and oxygen atoms in total. The Kier molecular flexibility index (Phi) is 3.73.